The van der Waals surface area contributed by atoms with Crippen LogP contribution in [0.4, 0.5) is 14.5 Å². The molecule has 0 spiro atoms. The lowest BCUT2D eigenvalue weighted by molar-refractivity contribution is -0.131. The Kier molecular flexibility index (Phi) is 5.71. The summed E-state index contributed by atoms with van der Waals surface area (Å²) in [5.41, 5.74) is 0.555. The van der Waals surface area contributed by atoms with Crippen molar-refractivity contribution in [3.05, 3.63) is 60.2 Å². The van der Waals surface area contributed by atoms with Crippen LogP contribution in [0.5, 0.6) is 5.75 Å². The Bertz CT molecular complexity index is 880. The van der Waals surface area contributed by atoms with Crippen LogP contribution in [0.25, 0.3) is 6.08 Å². The molecule has 2 aromatic carbocycles. The van der Waals surface area contributed by atoms with Gasteiger partial charge in [0.2, 0.25) is 0 Å². The van der Waals surface area contributed by atoms with E-state index in [4.69, 9.17) is 5.11 Å². The van der Waals surface area contributed by atoms with Gasteiger partial charge < -0.3 is 9.84 Å². The highest BCUT2D eigenvalue weighted by atomic mass is 32.2. The lowest BCUT2D eigenvalue weighted by Gasteiger charge is -2.10. The van der Waals surface area contributed by atoms with Crippen molar-refractivity contribution in [1.29, 1.82) is 0 Å². The van der Waals surface area contributed by atoms with E-state index in [2.05, 4.69) is 9.46 Å². The van der Waals surface area contributed by atoms with Gasteiger partial charge in [0.15, 0.2) is 0 Å². The number of nitrogens with one attached hydrogen (secondary N) is 1. The Morgan fingerprint density at radius 1 is 1.16 bits per heavy atom. The molecule has 6 nitrogen and oxygen atoms in total. The quantitative estimate of drug-likeness (QED) is 0.731. The van der Waals surface area contributed by atoms with Crippen molar-refractivity contribution in [3.63, 3.8) is 0 Å². The second-order valence-electron chi connectivity index (χ2n) is 4.75. The van der Waals surface area contributed by atoms with E-state index in [0.717, 1.165) is 6.08 Å². The average Bonchev–Trinajstić information content (AvgIpc) is 2.54. The molecule has 132 valence electrons. The van der Waals surface area contributed by atoms with Gasteiger partial charge in [0, 0.05) is 11.8 Å². The summed E-state index contributed by atoms with van der Waals surface area (Å²) in [5.74, 6) is -1.25. The van der Waals surface area contributed by atoms with Crippen molar-refractivity contribution in [2.45, 2.75) is 11.5 Å². The third-order valence-electron chi connectivity index (χ3n) is 2.92. The molecule has 0 saturated carbocycles. The monoisotopic (exact) mass is 369 g/mol. The van der Waals surface area contributed by atoms with E-state index in [0.29, 0.717) is 5.56 Å². The predicted molar refractivity (Wildman–Crippen MR) is 87.0 cm³/mol. The topological polar surface area (TPSA) is 92.7 Å². The van der Waals surface area contributed by atoms with Crippen molar-refractivity contribution in [3.8, 4) is 5.75 Å². The second-order valence-corrected chi connectivity index (χ2v) is 6.43. The molecule has 0 bridgehead atoms. The minimum absolute atomic E-state index is 0.0760. The molecule has 0 radical (unpaired) electrons. The molecule has 2 aromatic rings. The molecule has 0 fully saturated rings. The summed E-state index contributed by atoms with van der Waals surface area (Å²) in [5, 5.41) is 8.60. The smallest absolute Gasteiger partial charge is 0.387 e. The van der Waals surface area contributed by atoms with Gasteiger partial charge in [0.05, 0.1) is 4.90 Å². The lowest BCUT2D eigenvalue weighted by atomic mass is 10.2. The van der Waals surface area contributed by atoms with Gasteiger partial charge in [-0.25, -0.2) is 13.2 Å². The number of carboxylic acid groups (broad SMARTS) is 1. The molecule has 0 aliphatic carbocycles. The highest BCUT2D eigenvalue weighted by molar-refractivity contribution is 7.92. The maximum absolute atomic E-state index is 12.4. The number of anilines is 1. The first-order valence-corrected chi connectivity index (χ1v) is 8.33. The Morgan fingerprint density at radius 3 is 2.44 bits per heavy atom. The molecule has 2 rings (SSSR count). The van der Waals surface area contributed by atoms with E-state index in [1.165, 1.54) is 48.5 Å². The Labute approximate surface area is 142 Å². The zero-order valence-corrected chi connectivity index (χ0v) is 13.4. The first-order valence-electron chi connectivity index (χ1n) is 6.85. The van der Waals surface area contributed by atoms with Crippen molar-refractivity contribution in [2.24, 2.45) is 0 Å². The number of carboxylic acids is 1. The van der Waals surface area contributed by atoms with Gasteiger partial charge >= 0.3 is 12.6 Å². The van der Waals surface area contributed by atoms with Crippen LogP contribution >= 0.6 is 0 Å². The molecule has 0 saturated heterocycles. The molecule has 0 atom stereocenters. The number of rotatable bonds is 7. The fourth-order valence-corrected chi connectivity index (χ4v) is 2.98. The predicted octanol–water partition coefficient (Wildman–Crippen LogP) is 3.19. The minimum atomic E-state index is -3.93. The van der Waals surface area contributed by atoms with Gasteiger partial charge in [0.1, 0.15) is 5.75 Å². The van der Waals surface area contributed by atoms with Gasteiger partial charge in [-0.15, -0.1) is 0 Å². The number of aliphatic carboxylic acids is 1. The van der Waals surface area contributed by atoms with E-state index in [9.17, 15) is 22.0 Å². The summed E-state index contributed by atoms with van der Waals surface area (Å²) in [6, 6.07) is 10.6. The summed E-state index contributed by atoms with van der Waals surface area (Å²) >= 11 is 0. The number of ether oxygens (including phenoxy) is 1. The van der Waals surface area contributed by atoms with Crippen LogP contribution in [-0.2, 0) is 14.8 Å². The van der Waals surface area contributed by atoms with E-state index in [1.807, 2.05) is 0 Å². The number of halogens is 2. The summed E-state index contributed by atoms with van der Waals surface area (Å²) in [4.78, 5) is 10.4. The van der Waals surface area contributed by atoms with Crippen LogP contribution in [0.1, 0.15) is 5.56 Å². The fourth-order valence-electron chi connectivity index (χ4n) is 1.87. The molecule has 0 unspecified atom stereocenters. The van der Waals surface area contributed by atoms with Crippen LogP contribution < -0.4 is 9.46 Å². The highest BCUT2D eigenvalue weighted by Gasteiger charge is 2.14. The van der Waals surface area contributed by atoms with Crippen molar-refractivity contribution in [2.75, 3.05) is 4.72 Å². The van der Waals surface area contributed by atoms with Crippen LogP contribution in [0.3, 0.4) is 0 Å². The third-order valence-corrected chi connectivity index (χ3v) is 4.30. The van der Waals surface area contributed by atoms with Crippen molar-refractivity contribution in [1.82, 2.24) is 0 Å². The Hall–Kier alpha value is -2.94. The van der Waals surface area contributed by atoms with Gasteiger partial charge in [0.25, 0.3) is 10.0 Å². The van der Waals surface area contributed by atoms with E-state index in [-0.39, 0.29) is 16.3 Å². The molecule has 2 N–H and O–H groups in total. The van der Waals surface area contributed by atoms with Gasteiger partial charge in [-0.2, -0.15) is 8.78 Å². The molecule has 9 heteroatoms. The summed E-state index contributed by atoms with van der Waals surface area (Å²) < 4.78 is 55.4. The second kappa shape index (κ2) is 7.75. The van der Waals surface area contributed by atoms with Crippen molar-refractivity contribution < 1.29 is 31.8 Å². The molecular formula is C16H13F2NO5S. The zero-order valence-electron chi connectivity index (χ0n) is 12.6. The first kappa shape index (κ1) is 18.4. The summed E-state index contributed by atoms with van der Waals surface area (Å²) in [6.45, 7) is -2.97. The highest BCUT2D eigenvalue weighted by Crippen LogP contribution is 2.21. The maximum Gasteiger partial charge on any atom is 0.387 e. The van der Waals surface area contributed by atoms with E-state index >= 15 is 0 Å². The minimum Gasteiger partial charge on any atom is -0.478 e. The largest absolute Gasteiger partial charge is 0.478 e. The number of hydrogen-bond acceptors (Lipinski definition) is 4. The van der Waals surface area contributed by atoms with Gasteiger partial charge in [-0.3, -0.25) is 4.72 Å². The number of sulfonamides is 1. The number of benzene rings is 2. The number of carbonyl (C=O) groups is 1. The van der Waals surface area contributed by atoms with Crippen LogP contribution in [0, 0.1) is 0 Å². The van der Waals surface area contributed by atoms with Gasteiger partial charge in [-0.1, -0.05) is 12.1 Å². The number of alkyl halides is 2. The van der Waals surface area contributed by atoms with Crippen LogP contribution in [0.15, 0.2) is 59.5 Å². The van der Waals surface area contributed by atoms with Crippen molar-refractivity contribution >= 4 is 27.8 Å². The number of hydrogen-bond donors (Lipinski definition) is 2. The Balaban J connectivity index is 2.18. The zero-order chi connectivity index (χ0) is 18.4. The first-order chi connectivity index (χ1) is 11.8. The molecule has 0 aliphatic heterocycles. The molecular weight excluding hydrogens is 356 g/mol. The fraction of sp³-hybridized carbons (Fsp3) is 0.0625. The van der Waals surface area contributed by atoms with Gasteiger partial charge in [-0.05, 0) is 48.0 Å². The van der Waals surface area contributed by atoms with Crippen LogP contribution in [-0.4, -0.2) is 26.1 Å². The molecule has 0 aromatic heterocycles. The van der Waals surface area contributed by atoms with Crippen LogP contribution in [0.2, 0.25) is 0 Å². The third kappa shape index (κ3) is 5.57. The summed E-state index contributed by atoms with van der Waals surface area (Å²) in [7, 11) is -3.93. The molecule has 0 aliphatic rings. The molecule has 0 heterocycles. The molecule has 0 amide bonds. The Morgan fingerprint density at radius 2 is 1.84 bits per heavy atom. The molecule has 25 heavy (non-hydrogen) atoms. The summed E-state index contributed by atoms with van der Waals surface area (Å²) in [6.07, 6.45) is 2.15. The lowest BCUT2D eigenvalue weighted by Crippen LogP contribution is -2.13. The van der Waals surface area contributed by atoms with E-state index < -0.39 is 22.6 Å². The SMILES string of the molecule is O=C(O)/C=C/c1cccc(S(=O)(=O)Nc2ccc(OC(F)F)cc2)c1. The van der Waals surface area contributed by atoms with E-state index in [1.54, 1.807) is 6.07 Å². The average molecular weight is 369 g/mol. The standard InChI is InChI=1S/C16H13F2NO5S/c17-16(18)24-13-7-5-12(6-8-13)19-25(22,23)14-3-1-2-11(10-14)4-9-15(20)21/h1-10,16,19H,(H,20,21)/b9-4+. The normalized spacial score (nSPS) is 11.6. The maximum atomic E-state index is 12.4.